The van der Waals surface area contributed by atoms with Gasteiger partial charge in [-0.3, -0.25) is 4.79 Å². The van der Waals surface area contributed by atoms with E-state index in [1.54, 1.807) is 0 Å². The third kappa shape index (κ3) is 2.43. The van der Waals surface area contributed by atoms with Crippen molar-refractivity contribution in [1.82, 2.24) is 10.3 Å². The third-order valence-electron chi connectivity index (χ3n) is 4.12. The highest BCUT2D eigenvalue weighted by molar-refractivity contribution is 5.83. The van der Waals surface area contributed by atoms with Gasteiger partial charge in [-0.25, -0.2) is 0 Å². The molecule has 1 atom stereocenters. The first-order valence-electron chi connectivity index (χ1n) is 7.33. The van der Waals surface area contributed by atoms with Gasteiger partial charge in [0.1, 0.15) is 5.82 Å². The lowest BCUT2D eigenvalue weighted by atomic mass is 10.0. The zero-order valence-electron chi connectivity index (χ0n) is 11.9. The van der Waals surface area contributed by atoms with Gasteiger partial charge in [0.05, 0.1) is 0 Å². The molecule has 0 radical (unpaired) electrons. The van der Waals surface area contributed by atoms with Crippen LogP contribution >= 0.6 is 0 Å². The van der Waals surface area contributed by atoms with E-state index >= 15 is 0 Å². The molecule has 1 aromatic heterocycles. The number of likely N-dealkylation sites (N-methyl/N-ethyl adjacent to an activating group) is 1. The summed E-state index contributed by atoms with van der Waals surface area (Å²) < 4.78 is 0. The minimum Gasteiger partial charge on any atom is -0.354 e. The van der Waals surface area contributed by atoms with Crippen molar-refractivity contribution in [2.45, 2.75) is 25.3 Å². The number of rotatable bonds is 3. The summed E-state index contributed by atoms with van der Waals surface area (Å²) in [7, 11) is 1.98. The highest BCUT2D eigenvalue weighted by atomic mass is 16.1. The molecule has 2 aromatic rings. The largest absolute Gasteiger partial charge is 0.354 e. The molecule has 1 aliphatic heterocycles. The van der Waals surface area contributed by atoms with Crippen LogP contribution in [0.15, 0.2) is 35.1 Å². The van der Waals surface area contributed by atoms with E-state index in [4.69, 9.17) is 0 Å². The Bertz CT molecular complexity index is 647. The molecule has 1 aliphatic rings. The number of benzene rings is 1. The number of pyridine rings is 1. The maximum atomic E-state index is 12.2. The molecule has 1 unspecified atom stereocenters. The molecule has 0 saturated carbocycles. The van der Waals surface area contributed by atoms with Gasteiger partial charge in [0.15, 0.2) is 0 Å². The Morgan fingerprint density at radius 3 is 3.05 bits per heavy atom. The second-order valence-electron chi connectivity index (χ2n) is 5.47. The predicted molar refractivity (Wildman–Crippen MR) is 83.5 cm³/mol. The summed E-state index contributed by atoms with van der Waals surface area (Å²) in [5, 5.41) is 5.03. The number of anilines is 1. The van der Waals surface area contributed by atoms with E-state index in [-0.39, 0.29) is 5.56 Å². The normalized spacial score (nSPS) is 19.4. The van der Waals surface area contributed by atoms with E-state index in [9.17, 15) is 4.79 Å². The van der Waals surface area contributed by atoms with Crippen LogP contribution in [0.4, 0.5) is 5.82 Å². The summed E-state index contributed by atoms with van der Waals surface area (Å²) in [6.07, 6.45) is 3.63. The number of nitrogens with one attached hydrogen (secondary N) is 2. The van der Waals surface area contributed by atoms with E-state index in [2.05, 4.69) is 21.3 Å². The Morgan fingerprint density at radius 2 is 2.20 bits per heavy atom. The number of hydrogen-bond donors (Lipinski definition) is 2. The average Bonchev–Trinajstić information content (AvgIpc) is 2.48. The number of piperidine rings is 1. The second-order valence-corrected chi connectivity index (χ2v) is 5.47. The molecule has 4 nitrogen and oxygen atoms in total. The van der Waals surface area contributed by atoms with Gasteiger partial charge in [0.25, 0.3) is 5.56 Å². The molecule has 20 heavy (non-hydrogen) atoms. The Hall–Kier alpha value is -1.81. The highest BCUT2D eigenvalue weighted by Crippen LogP contribution is 2.24. The van der Waals surface area contributed by atoms with Crippen molar-refractivity contribution < 1.29 is 0 Å². The minimum absolute atomic E-state index is 0.00637. The van der Waals surface area contributed by atoms with Gasteiger partial charge < -0.3 is 15.2 Å². The first kappa shape index (κ1) is 13.2. The van der Waals surface area contributed by atoms with Crippen LogP contribution in [0.1, 0.15) is 19.3 Å². The lowest BCUT2D eigenvalue weighted by Crippen LogP contribution is -2.45. The maximum absolute atomic E-state index is 12.2. The molecule has 2 N–H and O–H groups in total. The van der Waals surface area contributed by atoms with Gasteiger partial charge in [-0.1, -0.05) is 18.2 Å². The Kier molecular flexibility index (Phi) is 3.74. The number of fused-ring (bicyclic) bond motifs is 1. The van der Waals surface area contributed by atoms with Crippen molar-refractivity contribution in [2.75, 3.05) is 25.0 Å². The fourth-order valence-electron chi connectivity index (χ4n) is 3.12. The molecule has 2 heterocycles. The molecule has 4 heteroatoms. The first-order chi connectivity index (χ1) is 9.79. The molecule has 0 spiro atoms. The number of aromatic nitrogens is 1. The fourth-order valence-corrected chi connectivity index (χ4v) is 3.12. The van der Waals surface area contributed by atoms with Crippen molar-refractivity contribution in [3.05, 3.63) is 40.7 Å². The highest BCUT2D eigenvalue weighted by Gasteiger charge is 2.22. The van der Waals surface area contributed by atoms with Gasteiger partial charge in [-0.05, 0) is 43.8 Å². The van der Waals surface area contributed by atoms with Crippen LogP contribution in [-0.4, -0.2) is 31.2 Å². The lowest BCUT2D eigenvalue weighted by Gasteiger charge is -2.37. The number of H-pyrrole nitrogens is 1. The summed E-state index contributed by atoms with van der Waals surface area (Å²) in [5.74, 6) is 0.952. The summed E-state index contributed by atoms with van der Waals surface area (Å²) >= 11 is 0. The van der Waals surface area contributed by atoms with Crippen LogP contribution in [0, 0.1) is 0 Å². The Morgan fingerprint density at radius 1 is 1.35 bits per heavy atom. The molecular formula is C16H21N3O. The molecule has 1 aromatic carbocycles. The van der Waals surface area contributed by atoms with Crippen LogP contribution in [0.5, 0.6) is 0 Å². The Balaban J connectivity index is 2.02. The SMILES string of the molecule is CNCC1CCCCN1c1cc2ccccc2c(=O)[nH]1. The van der Waals surface area contributed by atoms with Gasteiger partial charge in [0.2, 0.25) is 0 Å². The van der Waals surface area contributed by atoms with Crippen molar-refractivity contribution >= 4 is 16.6 Å². The van der Waals surface area contributed by atoms with Gasteiger partial charge in [-0.2, -0.15) is 0 Å². The summed E-state index contributed by atoms with van der Waals surface area (Å²) in [5.41, 5.74) is 0.00637. The van der Waals surface area contributed by atoms with E-state index in [1.807, 2.05) is 31.3 Å². The number of aromatic amines is 1. The molecular weight excluding hydrogens is 250 g/mol. The van der Waals surface area contributed by atoms with Crippen molar-refractivity contribution in [3.63, 3.8) is 0 Å². The fraction of sp³-hybridized carbons (Fsp3) is 0.438. The lowest BCUT2D eigenvalue weighted by molar-refractivity contribution is 0.443. The van der Waals surface area contributed by atoms with Crippen LogP contribution in [0.25, 0.3) is 10.8 Å². The zero-order chi connectivity index (χ0) is 13.9. The molecule has 1 fully saturated rings. The van der Waals surface area contributed by atoms with Gasteiger partial charge >= 0.3 is 0 Å². The molecule has 3 rings (SSSR count). The van der Waals surface area contributed by atoms with Gasteiger partial charge in [0, 0.05) is 24.5 Å². The standard InChI is InChI=1S/C16H21N3O/c1-17-11-13-7-4-5-9-19(13)15-10-12-6-2-3-8-14(12)16(20)18-15/h2-3,6,8,10,13,17H,4-5,7,9,11H2,1H3,(H,18,20). The van der Waals surface area contributed by atoms with Crippen LogP contribution < -0.4 is 15.8 Å². The molecule has 1 saturated heterocycles. The average molecular weight is 271 g/mol. The first-order valence-corrected chi connectivity index (χ1v) is 7.33. The van der Waals surface area contributed by atoms with Crippen molar-refractivity contribution in [1.29, 1.82) is 0 Å². The minimum atomic E-state index is 0.00637. The summed E-state index contributed by atoms with van der Waals surface area (Å²) in [4.78, 5) is 17.6. The second kappa shape index (κ2) is 5.67. The topological polar surface area (TPSA) is 48.1 Å². The van der Waals surface area contributed by atoms with Gasteiger partial charge in [-0.15, -0.1) is 0 Å². The summed E-state index contributed by atoms with van der Waals surface area (Å²) in [6.45, 7) is 1.97. The van der Waals surface area contributed by atoms with Crippen LogP contribution in [0.2, 0.25) is 0 Å². The van der Waals surface area contributed by atoms with Crippen molar-refractivity contribution in [2.24, 2.45) is 0 Å². The smallest absolute Gasteiger partial charge is 0.257 e. The zero-order valence-corrected chi connectivity index (χ0v) is 11.9. The van der Waals surface area contributed by atoms with Crippen molar-refractivity contribution in [3.8, 4) is 0 Å². The number of nitrogens with zero attached hydrogens (tertiary/aromatic N) is 1. The third-order valence-corrected chi connectivity index (χ3v) is 4.12. The van der Waals surface area contributed by atoms with E-state index < -0.39 is 0 Å². The Labute approximate surface area is 118 Å². The monoisotopic (exact) mass is 271 g/mol. The van der Waals surface area contributed by atoms with Crippen LogP contribution in [0.3, 0.4) is 0 Å². The molecule has 106 valence electrons. The van der Waals surface area contributed by atoms with Crippen LogP contribution in [-0.2, 0) is 0 Å². The van der Waals surface area contributed by atoms with E-state index in [0.717, 1.165) is 29.7 Å². The molecule has 0 bridgehead atoms. The molecule has 0 aliphatic carbocycles. The number of hydrogen-bond acceptors (Lipinski definition) is 3. The predicted octanol–water partition coefficient (Wildman–Crippen LogP) is 2.11. The maximum Gasteiger partial charge on any atom is 0.257 e. The summed E-state index contributed by atoms with van der Waals surface area (Å²) in [6, 6.07) is 10.3. The molecule has 0 amide bonds. The quantitative estimate of drug-likeness (QED) is 0.899. The van der Waals surface area contributed by atoms with E-state index in [1.165, 1.54) is 19.3 Å². The van der Waals surface area contributed by atoms with E-state index in [0.29, 0.717) is 6.04 Å².